The summed E-state index contributed by atoms with van der Waals surface area (Å²) in [5, 5.41) is 34.5. The summed E-state index contributed by atoms with van der Waals surface area (Å²) < 4.78 is 1.04. The monoisotopic (exact) mass is 329 g/mol. The Balaban J connectivity index is 1.95. The highest BCUT2D eigenvalue weighted by molar-refractivity contribution is 7.17. The fourth-order valence-electron chi connectivity index (χ4n) is 2.36. The van der Waals surface area contributed by atoms with Crippen LogP contribution in [0.15, 0.2) is 29.6 Å². The summed E-state index contributed by atoms with van der Waals surface area (Å²) in [7, 11) is 0. The van der Waals surface area contributed by atoms with E-state index in [0.717, 1.165) is 15.6 Å². The lowest BCUT2D eigenvalue weighted by Crippen LogP contribution is -2.29. The quantitative estimate of drug-likeness (QED) is 0.682. The molecule has 3 rings (SSSR count). The van der Waals surface area contributed by atoms with Gasteiger partial charge in [-0.1, -0.05) is 0 Å². The number of anilines is 1. The van der Waals surface area contributed by atoms with Crippen LogP contribution < -0.4 is 5.32 Å². The van der Waals surface area contributed by atoms with Gasteiger partial charge in [0.1, 0.15) is 11.6 Å². The number of rotatable bonds is 4. The Kier molecular flexibility index (Phi) is 3.95. The van der Waals surface area contributed by atoms with Crippen LogP contribution in [0.25, 0.3) is 21.3 Å². The lowest BCUT2D eigenvalue weighted by atomic mass is 10.0. The Hall–Kier alpha value is -2.18. The van der Waals surface area contributed by atoms with Crippen LogP contribution in [0.4, 0.5) is 5.82 Å². The van der Waals surface area contributed by atoms with Crippen molar-refractivity contribution < 1.29 is 10.2 Å². The molecule has 0 radical (unpaired) electrons. The Morgan fingerprint density at radius 2 is 2.00 bits per heavy atom. The lowest BCUT2D eigenvalue weighted by molar-refractivity contribution is 0.0944. The van der Waals surface area contributed by atoms with Crippen molar-refractivity contribution in [3.05, 3.63) is 35.2 Å². The van der Waals surface area contributed by atoms with Gasteiger partial charge in [0, 0.05) is 22.2 Å². The largest absolute Gasteiger partial charge is 0.507 e. The minimum Gasteiger partial charge on any atom is -0.507 e. The molecule has 23 heavy (non-hydrogen) atoms. The van der Waals surface area contributed by atoms with Gasteiger partial charge in [-0.2, -0.15) is 0 Å². The van der Waals surface area contributed by atoms with E-state index in [1.54, 1.807) is 25.2 Å². The zero-order valence-corrected chi connectivity index (χ0v) is 14.1. The van der Waals surface area contributed by atoms with E-state index in [2.05, 4.69) is 15.5 Å². The topological polar surface area (TPSA) is 78.3 Å². The first-order valence-corrected chi connectivity index (χ1v) is 8.23. The number of fused-ring (bicyclic) bond motifs is 1. The third kappa shape index (κ3) is 3.28. The van der Waals surface area contributed by atoms with E-state index < -0.39 is 5.60 Å². The standard InChI is InChI=1S/C17H19N3O2S/c1-10-8-14(18-9-17(2,3)22)19-20-15(10)12-4-5-13-11(16(12)21)6-7-23-13/h4-8,21-22H,9H2,1-3H3,(H,18,19). The average Bonchev–Trinajstić information content (AvgIpc) is 2.95. The van der Waals surface area contributed by atoms with E-state index in [-0.39, 0.29) is 5.75 Å². The number of hydrogen-bond acceptors (Lipinski definition) is 6. The normalized spacial score (nSPS) is 11.8. The second-order valence-electron chi connectivity index (χ2n) is 6.22. The van der Waals surface area contributed by atoms with E-state index in [1.807, 2.05) is 36.6 Å². The number of phenolic OH excluding ortho intramolecular Hbond substituents is 1. The number of aliphatic hydroxyl groups is 1. The van der Waals surface area contributed by atoms with Gasteiger partial charge < -0.3 is 15.5 Å². The molecule has 6 heteroatoms. The van der Waals surface area contributed by atoms with Crippen molar-refractivity contribution in [2.45, 2.75) is 26.4 Å². The molecule has 0 aliphatic heterocycles. The molecule has 0 aliphatic carbocycles. The minimum absolute atomic E-state index is 0.235. The molecule has 0 bridgehead atoms. The zero-order chi connectivity index (χ0) is 16.6. The molecule has 3 aromatic rings. The summed E-state index contributed by atoms with van der Waals surface area (Å²) >= 11 is 1.59. The van der Waals surface area contributed by atoms with E-state index >= 15 is 0 Å². The molecule has 0 fully saturated rings. The van der Waals surface area contributed by atoms with Crippen molar-refractivity contribution in [1.29, 1.82) is 0 Å². The van der Waals surface area contributed by atoms with Gasteiger partial charge in [-0.05, 0) is 56.0 Å². The minimum atomic E-state index is -0.823. The van der Waals surface area contributed by atoms with Crippen molar-refractivity contribution in [3.63, 3.8) is 0 Å². The summed E-state index contributed by atoms with van der Waals surface area (Å²) in [4.78, 5) is 0. The van der Waals surface area contributed by atoms with Crippen molar-refractivity contribution in [2.24, 2.45) is 0 Å². The Morgan fingerprint density at radius 3 is 2.70 bits per heavy atom. The van der Waals surface area contributed by atoms with Gasteiger partial charge >= 0.3 is 0 Å². The van der Waals surface area contributed by atoms with Gasteiger partial charge in [0.05, 0.1) is 11.3 Å². The number of benzene rings is 1. The van der Waals surface area contributed by atoms with Gasteiger partial charge in [-0.15, -0.1) is 21.5 Å². The number of phenols is 1. The molecule has 2 aromatic heterocycles. The van der Waals surface area contributed by atoms with E-state index in [9.17, 15) is 10.2 Å². The molecule has 3 N–H and O–H groups in total. The van der Waals surface area contributed by atoms with Gasteiger partial charge in [-0.25, -0.2) is 0 Å². The molecular weight excluding hydrogens is 310 g/mol. The summed E-state index contributed by atoms with van der Waals surface area (Å²) in [5.41, 5.74) is 1.42. The maximum absolute atomic E-state index is 10.5. The molecule has 120 valence electrons. The maximum Gasteiger partial charge on any atom is 0.149 e. The van der Waals surface area contributed by atoms with Crippen LogP contribution in [-0.4, -0.2) is 32.6 Å². The number of aromatic hydroxyl groups is 1. The molecule has 0 amide bonds. The van der Waals surface area contributed by atoms with Gasteiger partial charge in [0.2, 0.25) is 0 Å². The first-order chi connectivity index (χ1) is 10.8. The van der Waals surface area contributed by atoms with Gasteiger partial charge in [-0.3, -0.25) is 0 Å². The molecule has 0 spiro atoms. The van der Waals surface area contributed by atoms with Gasteiger partial charge in [0.25, 0.3) is 0 Å². The first-order valence-electron chi connectivity index (χ1n) is 7.35. The van der Waals surface area contributed by atoms with Crippen LogP contribution in [0.3, 0.4) is 0 Å². The Morgan fingerprint density at radius 1 is 1.22 bits per heavy atom. The zero-order valence-electron chi connectivity index (χ0n) is 13.3. The first kappa shape index (κ1) is 15.7. The number of nitrogens with one attached hydrogen (secondary N) is 1. The third-order valence-corrected chi connectivity index (χ3v) is 4.43. The molecule has 0 atom stereocenters. The number of aromatic nitrogens is 2. The van der Waals surface area contributed by atoms with Crippen LogP contribution >= 0.6 is 11.3 Å². The number of hydrogen-bond donors (Lipinski definition) is 3. The Labute approximate surface area is 138 Å². The lowest BCUT2D eigenvalue weighted by Gasteiger charge is -2.18. The highest BCUT2D eigenvalue weighted by atomic mass is 32.1. The fraction of sp³-hybridized carbons (Fsp3) is 0.294. The smallest absolute Gasteiger partial charge is 0.149 e. The number of aryl methyl sites for hydroxylation is 1. The molecule has 5 nitrogen and oxygen atoms in total. The highest BCUT2D eigenvalue weighted by Crippen LogP contribution is 2.38. The van der Waals surface area contributed by atoms with Crippen LogP contribution in [0, 0.1) is 6.92 Å². The molecule has 0 saturated heterocycles. The van der Waals surface area contributed by atoms with Crippen molar-refractivity contribution >= 4 is 27.2 Å². The number of thiophene rings is 1. The molecule has 0 unspecified atom stereocenters. The van der Waals surface area contributed by atoms with Gasteiger partial charge in [0.15, 0.2) is 0 Å². The molecule has 0 aliphatic rings. The summed E-state index contributed by atoms with van der Waals surface area (Å²) in [6.07, 6.45) is 0. The summed E-state index contributed by atoms with van der Waals surface area (Å²) in [6.45, 7) is 5.76. The highest BCUT2D eigenvalue weighted by Gasteiger charge is 2.15. The summed E-state index contributed by atoms with van der Waals surface area (Å²) in [5.74, 6) is 0.836. The van der Waals surface area contributed by atoms with Crippen LogP contribution in [0.2, 0.25) is 0 Å². The van der Waals surface area contributed by atoms with E-state index in [0.29, 0.717) is 23.6 Å². The van der Waals surface area contributed by atoms with E-state index in [1.165, 1.54) is 0 Å². The molecule has 0 saturated carbocycles. The second kappa shape index (κ2) is 5.79. The average molecular weight is 329 g/mol. The number of nitrogens with zero attached hydrogens (tertiary/aromatic N) is 2. The molecular formula is C17H19N3O2S. The van der Waals surface area contributed by atoms with Crippen molar-refractivity contribution in [1.82, 2.24) is 10.2 Å². The fourth-order valence-corrected chi connectivity index (χ4v) is 3.15. The SMILES string of the molecule is Cc1cc(NCC(C)(C)O)nnc1-c1ccc2sccc2c1O. The van der Waals surface area contributed by atoms with Crippen LogP contribution in [0.5, 0.6) is 5.75 Å². The summed E-state index contributed by atoms with van der Waals surface area (Å²) in [6, 6.07) is 7.62. The van der Waals surface area contributed by atoms with Crippen molar-refractivity contribution in [3.8, 4) is 17.0 Å². The Bertz CT molecular complexity index is 853. The second-order valence-corrected chi connectivity index (χ2v) is 7.17. The predicted octanol–water partition coefficient (Wildman–Crippen LogP) is 3.56. The van der Waals surface area contributed by atoms with Crippen LogP contribution in [-0.2, 0) is 0 Å². The molecule has 2 heterocycles. The predicted molar refractivity (Wildman–Crippen MR) is 94.0 cm³/mol. The third-order valence-electron chi connectivity index (χ3n) is 3.55. The maximum atomic E-state index is 10.5. The molecule has 1 aromatic carbocycles. The van der Waals surface area contributed by atoms with E-state index in [4.69, 9.17) is 0 Å². The van der Waals surface area contributed by atoms with Crippen LogP contribution in [0.1, 0.15) is 19.4 Å². The van der Waals surface area contributed by atoms with Crippen molar-refractivity contribution in [2.75, 3.05) is 11.9 Å².